The van der Waals surface area contributed by atoms with Crippen molar-refractivity contribution in [1.29, 1.82) is 0 Å². The van der Waals surface area contributed by atoms with Crippen LogP contribution >= 0.6 is 11.8 Å². The lowest BCUT2D eigenvalue weighted by atomic mass is 10.4. The third-order valence-corrected chi connectivity index (χ3v) is 5.02. The lowest BCUT2D eigenvalue weighted by Gasteiger charge is -2.10. The van der Waals surface area contributed by atoms with Gasteiger partial charge in [0.25, 0.3) is 0 Å². The van der Waals surface area contributed by atoms with E-state index in [1.54, 1.807) is 30.2 Å². The van der Waals surface area contributed by atoms with Crippen LogP contribution in [0.15, 0.2) is 57.0 Å². The van der Waals surface area contributed by atoms with E-state index in [2.05, 4.69) is 30.8 Å². The summed E-state index contributed by atoms with van der Waals surface area (Å²) >= 11 is 1.71. The molecule has 7 nitrogen and oxygen atoms in total. The number of hydrogen-bond donors (Lipinski definition) is 3. The maximum atomic E-state index is 12.9. The number of aromatic amines is 1. The number of aromatic nitrogens is 3. The zero-order valence-corrected chi connectivity index (χ0v) is 17.1. The summed E-state index contributed by atoms with van der Waals surface area (Å²) in [6.45, 7) is 4.23. The van der Waals surface area contributed by atoms with Gasteiger partial charge in [-0.15, -0.1) is 11.8 Å². The van der Waals surface area contributed by atoms with Crippen molar-refractivity contribution in [3.8, 4) is 11.6 Å². The highest BCUT2D eigenvalue weighted by atomic mass is 32.2. The van der Waals surface area contributed by atoms with Crippen LogP contribution in [0, 0.1) is 5.82 Å². The molecule has 0 aliphatic rings. The Morgan fingerprint density at radius 3 is 2.86 bits per heavy atom. The van der Waals surface area contributed by atoms with E-state index < -0.39 is 0 Å². The number of nitrogens with one attached hydrogen (secondary N) is 3. The van der Waals surface area contributed by atoms with Crippen LogP contribution in [0.5, 0.6) is 0 Å². The van der Waals surface area contributed by atoms with Crippen LogP contribution in [0.2, 0.25) is 0 Å². The molecular weight excluding hydrogens is 391 g/mol. The molecule has 29 heavy (non-hydrogen) atoms. The maximum Gasteiger partial charge on any atom is 0.216 e. The lowest BCUT2D eigenvalue weighted by molar-refractivity contribution is 0.577. The summed E-state index contributed by atoms with van der Waals surface area (Å²) in [5.41, 5.74) is 0. The van der Waals surface area contributed by atoms with Crippen LogP contribution in [0.25, 0.3) is 11.6 Å². The van der Waals surface area contributed by atoms with Crippen LogP contribution in [0.1, 0.15) is 19.2 Å². The van der Waals surface area contributed by atoms with Gasteiger partial charge >= 0.3 is 0 Å². The second kappa shape index (κ2) is 11.3. The number of thioether (sulfide) groups is 1. The molecule has 0 aliphatic carbocycles. The monoisotopic (exact) mass is 416 g/mol. The van der Waals surface area contributed by atoms with E-state index in [-0.39, 0.29) is 5.82 Å². The van der Waals surface area contributed by atoms with Crippen molar-refractivity contribution < 1.29 is 8.81 Å². The van der Waals surface area contributed by atoms with Crippen molar-refractivity contribution in [2.75, 3.05) is 25.4 Å². The summed E-state index contributed by atoms with van der Waals surface area (Å²) < 4.78 is 18.2. The lowest BCUT2D eigenvalue weighted by Crippen LogP contribution is -2.38. The van der Waals surface area contributed by atoms with Gasteiger partial charge in [0.05, 0.1) is 6.26 Å². The average Bonchev–Trinajstić information content (AvgIpc) is 3.41. The Morgan fingerprint density at radius 2 is 2.10 bits per heavy atom. The molecule has 0 radical (unpaired) electrons. The van der Waals surface area contributed by atoms with Gasteiger partial charge in [0.15, 0.2) is 11.7 Å². The molecule has 3 rings (SSSR count). The summed E-state index contributed by atoms with van der Waals surface area (Å²) in [5, 5.41) is 13.6. The van der Waals surface area contributed by atoms with E-state index >= 15 is 0 Å². The predicted octanol–water partition coefficient (Wildman–Crippen LogP) is 3.48. The van der Waals surface area contributed by atoms with Crippen LogP contribution in [-0.4, -0.2) is 46.5 Å². The second-order valence-corrected chi connectivity index (χ2v) is 7.34. The van der Waals surface area contributed by atoms with Crippen molar-refractivity contribution in [3.63, 3.8) is 0 Å². The minimum absolute atomic E-state index is 0.206. The Morgan fingerprint density at radius 1 is 1.24 bits per heavy atom. The molecule has 1 aromatic carbocycles. The van der Waals surface area contributed by atoms with E-state index in [1.807, 2.05) is 19.1 Å². The molecule has 3 aromatic rings. The fraction of sp³-hybridized carbons (Fsp3) is 0.350. The summed E-state index contributed by atoms with van der Waals surface area (Å²) in [6, 6.07) is 10.2. The standard InChI is InChI=1S/C20H25FN6OS/c1-2-22-20(23-11-4-14-29-16-8-6-15(21)7-9-16)24-12-10-18-25-19(27-26-18)17-5-3-13-28-17/h3,5-9,13H,2,4,10-12,14H2,1H3,(H2,22,23,24)(H,25,26,27). The quantitative estimate of drug-likeness (QED) is 0.203. The van der Waals surface area contributed by atoms with Crippen LogP contribution in [0.4, 0.5) is 4.39 Å². The van der Waals surface area contributed by atoms with Gasteiger partial charge < -0.3 is 15.1 Å². The van der Waals surface area contributed by atoms with Gasteiger partial charge in [-0.05, 0) is 55.5 Å². The first kappa shape index (κ1) is 20.9. The Labute approximate surface area is 173 Å². The molecule has 0 atom stereocenters. The minimum atomic E-state index is -0.206. The van der Waals surface area contributed by atoms with Crippen LogP contribution < -0.4 is 10.6 Å². The number of benzene rings is 1. The normalized spacial score (nSPS) is 11.6. The largest absolute Gasteiger partial charge is 0.461 e. The smallest absolute Gasteiger partial charge is 0.216 e. The zero-order chi connectivity index (χ0) is 20.3. The number of hydrogen-bond acceptors (Lipinski definition) is 5. The summed E-state index contributed by atoms with van der Waals surface area (Å²) in [5.74, 6) is 3.50. The molecule has 0 saturated carbocycles. The van der Waals surface area contributed by atoms with E-state index in [9.17, 15) is 4.39 Å². The number of rotatable bonds is 10. The molecule has 2 heterocycles. The number of nitrogens with zero attached hydrogens (tertiary/aromatic N) is 3. The van der Waals surface area contributed by atoms with E-state index in [0.717, 1.165) is 35.4 Å². The fourth-order valence-corrected chi connectivity index (χ4v) is 3.38. The first-order valence-electron chi connectivity index (χ1n) is 9.60. The molecule has 9 heteroatoms. The van der Waals surface area contributed by atoms with Gasteiger partial charge in [0.2, 0.25) is 5.82 Å². The third kappa shape index (κ3) is 6.94. The number of guanidine groups is 1. The SMILES string of the molecule is CCNC(=NCCCSc1ccc(F)cc1)NCCc1nc(-c2ccco2)n[nH]1. The molecule has 2 aromatic heterocycles. The first-order chi connectivity index (χ1) is 14.2. The first-order valence-corrected chi connectivity index (χ1v) is 10.6. The molecule has 0 fully saturated rings. The highest BCUT2D eigenvalue weighted by Gasteiger charge is 2.08. The highest BCUT2D eigenvalue weighted by molar-refractivity contribution is 7.99. The number of furan rings is 1. The van der Waals surface area contributed by atoms with Crippen LogP contribution in [0.3, 0.4) is 0 Å². The zero-order valence-electron chi connectivity index (χ0n) is 16.3. The van der Waals surface area contributed by atoms with Gasteiger partial charge in [-0.3, -0.25) is 10.1 Å². The molecule has 154 valence electrons. The Hall–Kier alpha value is -2.81. The molecule has 0 saturated heterocycles. The third-order valence-electron chi connectivity index (χ3n) is 3.93. The van der Waals surface area contributed by atoms with E-state index in [4.69, 9.17) is 4.42 Å². The van der Waals surface area contributed by atoms with Gasteiger partial charge in [-0.1, -0.05) is 0 Å². The molecule has 0 amide bonds. The summed E-state index contributed by atoms with van der Waals surface area (Å²) in [6.07, 6.45) is 3.23. The molecular formula is C20H25FN6OS. The van der Waals surface area contributed by atoms with Gasteiger partial charge in [0.1, 0.15) is 11.6 Å². The van der Waals surface area contributed by atoms with Crippen molar-refractivity contribution in [1.82, 2.24) is 25.8 Å². The minimum Gasteiger partial charge on any atom is -0.461 e. The van der Waals surface area contributed by atoms with Crippen molar-refractivity contribution in [2.24, 2.45) is 4.99 Å². The summed E-state index contributed by atoms with van der Waals surface area (Å²) in [7, 11) is 0. The number of aliphatic imine (C=N–C) groups is 1. The molecule has 0 spiro atoms. The molecule has 0 unspecified atom stereocenters. The van der Waals surface area contributed by atoms with Gasteiger partial charge in [0, 0.05) is 31.0 Å². The Kier molecular flexibility index (Phi) is 8.12. The van der Waals surface area contributed by atoms with Crippen molar-refractivity contribution in [3.05, 3.63) is 54.3 Å². The predicted molar refractivity (Wildman–Crippen MR) is 114 cm³/mol. The Balaban J connectivity index is 1.38. The molecule has 0 bridgehead atoms. The van der Waals surface area contributed by atoms with E-state index in [0.29, 0.717) is 31.1 Å². The Bertz CT molecular complexity index is 879. The number of halogens is 1. The highest BCUT2D eigenvalue weighted by Crippen LogP contribution is 2.18. The van der Waals surface area contributed by atoms with Gasteiger partial charge in [-0.2, -0.15) is 5.10 Å². The fourth-order valence-electron chi connectivity index (χ4n) is 2.54. The topological polar surface area (TPSA) is 91.1 Å². The maximum absolute atomic E-state index is 12.9. The van der Waals surface area contributed by atoms with Gasteiger partial charge in [-0.25, -0.2) is 9.37 Å². The van der Waals surface area contributed by atoms with Crippen molar-refractivity contribution in [2.45, 2.75) is 24.7 Å². The van der Waals surface area contributed by atoms with Crippen molar-refractivity contribution >= 4 is 17.7 Å². The second-order valence-electron chi connectivity index (χ2n) is 6.18. The van der Waals surface area contributed by atoms with E-state index in [1.165, 1.54) is 12.1 Å². The summed E-state index contributed by atoms with van der Waals surface area (Å²) in [4.78, 5) is 10.1. The molecule has 0 aliphatic heterocycles. The van der Waals surface area contributed by atoms with Crippen LogP contribution in [-0.2, 0) is 6.42 Å². The number of H-pyrrole nitrogens is 1. The average molecular weight is 417 g/mol. The molecule has 3 N–H and O–H groups in total.